The Morgan fingerprint density at radius 3 is 3.00 bits per heavy atom. The Morgan fingerprint density at radius 1 is 1.69 bits per heavy atom. The van der Waals surface area contributed by atoms with E-state index in [0.29, 0.717) is 23.8 Å². The first-order valence-electron chi connectivity index (χ1n) is 4.65. The summed E-state index contributed by atoms with van der Waals surface area (Å²) in [5.74, 6) is 1.07. The number of nitrogens with zero attached hydrogens (tertiary/aromatic N) is 2. The second-order valence-corrected chi connectivity index (χ2v) is 6.42. The number of hydrogen-bond donors (Lipinski definition) is 3. The first-order chi connectivity index (χ1) is 7.47. The zero-order valence-corrected chi connectivity index (χ0v) is 10.2. The molecule has 0 aromatic carbocycles. The molecule has 16 heavy (non-hydrogen) atoms. The van der Waals surface area contributed by atoms with Crippen molar-refractivity contribution in [1.82, 2.24) is 5.32 Å². The van der Waals surface area contributed by atoms with Crippen molar-refractivity contribution in [2.24, 2.45) is 15.7 Å². The van der Waals surface area contributed by atoms with Crippen molar-refractivity contribution in [3.8, 4) is 0 Å². The van der Waals surface area contributed by atoms with Crippen molar-refractivity contribution < 1.29 is 13.0 Å². The minimum atomic E-state index is -4.04. The predicted molar refractivity (Wildman–Crippen MR) is 65.4 cm³/mol. The molecule has 0 aliphatic carbocycles. The molecule has 1 aliphatic heterocycles. The van der Waals surface area contributed by atoms with Crippen molar-refractivity contribution in [3.63, 3.8) is 0 Å². The summed E-state index contributed by atoms with van der Waals surface area (Å²) in [6.45, 7) is 2.10. The number of hydrogen-bond acceptors (Lipinski definition) is 6. The Bertz CT molecular complexity index is 390. The molecule has 0 atom stereocenters. The highest BCUT2D eigenvalue weighted by Gasteiger charge is 2.07. The highest BCUT2D eigenvalue weighted by atomic mass is 33.1. The lowest BCUT2D eigenvalue weighted by Gasteiger charge is -2.00. The molecule has 0 spiro atoms. The fourth-order valence-corrected chi connectivity index (χ4v) is 2.27. The third kappa shape index (κ3) is 5.93. The van der Waals surface area contributed by atoms with Crippen LogP contribution in [0, 0.1) is 0 Å². The van der Waals surface area contributed by atoms with Gasteiger partial charge in [-0.2, -0.15) is 8.42 Å². The lowest BCUT2D eigenvalue weighted by molar-refractivity contribution is 0.503. The molecule has 92 valence electrons. The molecule has 0 unspecified atom stereocenters. The third-order valence-electron chi connectivity index (χ3n) is 1.76. The fourth-order valence-electron chi connectivity index (χ4n) is 1.10. The largest absolute Gasteiger partial charge is 0.387 e. The van der Waals surface area contributed by atoms with Gasteiger partial charge in [-0.15, -0.1) is 0 Å². The maximum absolute atomic E-state index is 10.4. The van der Waals surface area contributed by atoms with Crippen molar-refractivity contribution >= 4 is 31.6 Å². The predicted octanol–water partition coefficient (Wildman–Crippen LogP) is -0.729. The molecule has 0 aromatic rings. The Morgan fingerprint density at radius 2 is 2.44 bits per heavy atom. The molecule has 1 heterocycles. The van der Waals surface area contributed by atoms with Crippen molar-refractivity contribution in [1.29, 1.82) is 0 Å². The van der Waals surface area contributed by atoms with E-state index in [4.69, 9.17) is 10.3 Å². The van der Waals surface area contributed by atoms with Gasteiger partial charge < -0.3 is 11.1 Å². The monoisotopic (exact) mass is 266 g/mol. The summed E-state index contributed by atoms with van der Waals surface area (Å²) in [5, 5.41) is 3.09. The Hall–Kier alpha value is -0.800. The van der Waals surface area contributed by atoms with E-state index < -0.39 is 9.15 Å². The van der Waals surface area contributed by atoms with Crippen LogP contribution in [0.25, 0.3) is 0 Å². The van der Waals surface area contributed by atoms with E-state index in [1.807, 2.05) is 0 Å². The maximum atomic E-state index is 10.4. The molecule has 9 heteroatoms. The standard InChI is InChI=1S/C7H14N4O3S2/c8-6(5-15-16(12,13)14)9-2-1-7-10-3-4-11-7/h1-5H2,(H2,8,9)(H,10,11)(H,12,13,14). The quantitative estimate of drug-likeness (QED) is 0.252. The van der Waals surface area contributed by atoms with Gasteiger partial charge in [0, 0.05) is 30.3 Å². The van der Waals surface area contributed by atoms with E-state index in [2.05, 4.69) is 15.3 Å². The Kier molecular flexibility index (Phi) is 5.03. The third-order valence-corrected chi connectivity index (χ3v) is 3.72. The van der Waals surface area contributed by atoms with E-state index >= 15 is 0 Å². The van der Waals surface area contributed by atoms with Crippen LogP contribution in [0.4, 0.5) is 0 Å². The van der Waals surface area contributed by atoms with Gasteiger partial charge in [-0.3, -0.25) is 14.5 Å². The number of rotatable bonds is 6. The lowest BCUT2D eigenvalue weighted by Crippen LogP contribution is -2.21. The summed E-state index contributed by atoms with van der Waals surface area (Å²) in [6.07, 6.45) is 0.664. The van der Waals surface area contributed by atoms with Crippen LogP contribution < -0.4 is 11.1 Å². The van der Waals surface area contributed by atoms with Crippen LogP contribution >= 0.6 is 10.8 Å². The number of nitrogens with two attached hydrogens (primary N) is 1. The zero-order valence-electron chi connectivity index (χ0n) is 8.59. The van der Waals surface area contributed by atoms with Gasteiger partial charge in [0.05, 0.1) is 18.1 Å². The van der Waals surface area contributed by atoms with Crippen LogP contribution in [0.5, 0.6) is 0 Å². The van der Waals surface area contributed by atoms with Crippen LogP contribution in [-0.4, -0.2) is 50.0 Å². The van der Waals surface area contributed by atoms with Gasteiger partial charge in [-0.25, -0.2) is 0 Å². The molecule has 0 aromatic heterocycles. The van der Waals surface area contributed by atoms with E-state index in [-0.39, 0.29) is 11.6 Å². The van der Waals surface area contributed by atoms with Gasteiger partial charge in [0.15, 0.2) is 0 Å². The Balaban J connectivity index is 2.23. The van der Waals surface area contributed by atoms with E-state index in [1.165, 1.54) is 0 Å². The highest BCUT2D eigenvalue weighted by Crippen LogP contribution is 2.07. The molecular weight excluding hydrogens is 252 g/mol. The summed E-state index contributed by atoms with van der Waals surface area (Å²) in [4.78, 5) is 8.14. The molecule has 1 aliphatic rings. The molecule has 0 fully saturated rings. The van der Waals surface area contributed by atoms with Gasteiger partial charge >= 0.3 is 9.15 Å². The molecule has 0 bridgehead atoms. The lowest BCUT2D eigenvalue weighted by atomic mass is 10.4. The molecule has 1 rings (SSSR count). The van der Waals surface area contributed by atoms with Crippen LogP contribution in [0.3, 0.4) is 0 Å². The van der Waals surface area contributed by atoms with E-state index in [1.54, 1.807) is 0 Å². The minimum absolute atomic E-state index is 0.0290. The first kappa shape index (κ1) is 13.3. The Labute approximate surface area is 97.8 Å². The van der Waals surface area contributed by atoms with Gasteiger partial charge in [0.25, 0.3) is 0 Å². The maximum Gasteiger partial charge on any atom is 0.320 e. The van der Waals surface area contributed by atoms with Crippen LogP contribution in [0.15, 0.2) is 9.98 Å². The SMILES string of the molecule is NC(CSS(=O)(=O)O)=NCCC1=NCCN1. The first-order valence-corrected chi connectivity index (χ1v) is 7.59. The topological polar surface area (TPSA) is 117 Å². The van der Waals surface area contributed by atoms with Gasteiger partial charge in [0.1, 0.15) is 5.84 Å². The van der Waals surface area contributed by atoms with Crippen molar-refractivity contribution in [2.45, 2.75) is 6.42 Å². The van der Waals surface area contributed by atoms with Gasteiger partial charge in [-0.1, -0.05) is 0 Å². The number of nitrogens with one attached hydrogen (secondary N) is 1. The average Bonchev–Trinajstić information content (AvgIpc) is 2.66. The van der Waals surface area contributed by atoms with Gasteiger partial charge in [0.2, 0.25) is 0 Å². The normalized spacial score (nSPS) is 17.1. The van der Waals surface area contributed by atoms with Crippen LogP contribution in [0.1, 0.15) is 6.42 Å². The van der Waals surface area contributed by atoms with Crippen molar-refractivity contribution in [2.75, 3.05) is 25.4 Å². The number of amidine groups is 2. The summed E-state index contributed by atoms with van der Waals surface area (Å²) in [5.41, 5.74) is 5.46. The van der Waals surface area contributed by atoms with Crippen molar-refractivity contribution in [3.05, 3.63) is 0 Å². The van der Waals surface area contributed by atoms with E-state index in [9.17, 15) is 8.42 Å². The molecule has 4 N–H and O–H groups in total. The van der Waals surface area contributed by atoms with E-state index in [0.717, 1.165) is 18.9 Å². The smallest absolute Gasteiger partial charge is 0.320 e. The average molecular weight is 266 g/mol. The number of aliphatic imine (C=N–C) groups is 2. The summed E-state index contributed by atoms with van der Waals surface area (Å²) in [7, 11) is -3.69. The van der Waals surface area contributed by atoms with Crippen LogP contribution in [-0.2, 0) is 9.15 Å². The minimum Gasteiger partial charge on any atom is -0.387 e. The summed E-state index contributed by atoms with van der Waals surface area (Å²) >= 11 is 0. The molecule has 7 nitrogen and oxygen atoms in total. The zero-order chi connectivity index (χ0) is 12.0. The second kappa shape index (κ2) is 6.06. The molecule has 0 amide bonds. The summed E-state index contributed by atoms with van der Waals surface area (Å²) in [6, 6.07) is 0. The van der Waals surface area contributed by atoms with Crippen LogP contribution in [0.2, 0.25) is 0 Å². The summed E-state index contributed by atoms with van der Waals surface area (Å²) < 4.78 is 29.3. The second-order valence-electron chi connectivity index (χ2n) is 3.07. The van der Waals surface area contributed by atoms with Gasteiger partial charge in [-0.05, 0) is 0 Å². The molecule has 0 saturated carbocycles. The molecule has 0 radical (unpaired) electrons. The molecule has 0 saturated heterocycles. The highest BCUT2D eigenvalue weighted by molar-refractivity contribution is 8.70. The molecular formula is C7H14N4O3S2. The fraction of sp³-hybridized carbons (Fsp3) is 0.714.